The van der Waals surface area contributed by atoms with Crippen LogP contribution >= 0.6 is 0 Å². The van der Waals surface area contributed by atoms with Gasteiger partial charge >= 0.3 is 0 Å². The summed E-state index contributed by atoms with van der Waals surface area (Å²) in [5.41, 5.74) is 6.63. The van der Waals surface area contributed by atoms with Crippen molar-refractivity contribution in [3.05, 3.63) is 113 Å². The van der Waals surface area contributed by atoms with Crippen LogP contribution in [-0.2, 0) is 6.42 Å². The quantitative estimate of drug-likeness (QED) is 0.387. The monoisotopic (exact) mass is 474 g/mol. The minimum Gasteiger partial charge on any atom is -0.349 e. The van der Waals surface area contributed by atoms with Gasteiger partial charge in [0.15, 0.2) is 5.69 Å². The van der Waals surface area contributed by atoms with Crippen molar-refractivity contribution in [1.29, 1.82) is 0 Å². The fourth-order valence-corrected chi connectivity index (χ4v) is 4.65. The number of nitrogens with one attached hydrogen (secondary N) is 2. The molecule has 6 rings (SSSR count). The first-order valence-electron chi connectivity index (χ1n) is 12.3. The van der Waals surface area contributed by atoms with Gasteiger partial charge < -0.3 is 10.6 Å². The van der Waals surface area contributed by atoms with Gasteiger partial charge in [-0.1, -0.05) is 54.6 Å². The van der Waals surface area contributed by atoms with Crippen LogP contribution in [0.4, 0.5) is 5.69 Å². The number of para-hydroxylation sites is 1. The molecule has 2 aliphatic carbocycles. The van der Waals surface area contributed by atoms with Gasteiger partial charge in [0.05, 0.1) is 11.4 Å². The molecule has 0 aliphatic heterocycles. The summed E-state index contributed by atoms with van der Waals surface area (Å²) in [5.74, 6) is -0.389. The van der Waals surface area contributed by atoms with Crippen molar-refractivity contribution >= 4 is 29.2 Å². The molecule has 0 spiro atoms. The van der Waals surface area contributed by atoms with Gasteiger partial charge in [0.2, 0.25) is 0 Å². The number of amides is 2. The third kappa shape index (κ3) is 4.45. The highest BCUT2D eigenvalue weighted by atomic mass is 16.2. The number of hydrogen-bond acceptors (Lipinski definition) is 3. The predicted molar refractivity (Wildman–Crippen MR) is 141 cm³/mol. The number of carbonyl (C=O) groups is 2. The summed E-state index contributed by atoms with van der Waals surface area (Å²) in [4.78, 5) is 25.9. The zero-order valence-electron chi connectivity index (χ0n) is 19.8. The Labute approximate surface area is 209 Å². The Bertz CT molecular complexity index is 1470. The summed E-state index contributed by atoms with van der Waals surface area (Å²) in [6.45, 7) is 0. The average molecular weight is 475 g/mol. The van der Waals surface area contributed by atoms with E-state index in [2.05, 4.69) is 28.8 Å². The molecule has 3 aromatic carbocycles. The molecule has 1 heterocycles. The summed E-state index contributed by atoms with van der Waals surface area (Å²) in [7, 11) is 0. The lowest BCUT2D eigenvalue weighted by atomic mass is 10.1. The summed E-state index contributed by atoms with van der Waals surface area (Å²) in [5, 5.41) is 10.7. The lowest BCUT2D eigenvalue weighted by molar-refractivity contribution is 0.0949. The van der Waals surface area contributed by atoms with E-state index in [0.717, 1.165) is 53.8 Å². The number of allylic oxidation sites excluding steroid dienone is 1. The molecular weight excluding hydrogens is 448 g/mol. The number of anilines is 1. The molecule has 0 atom stereocenters. The second-order valence-electron chi connectivity index (χ2n) is 9.29. The molecule has 1 saturated carbocycles. The fraction of sp³-hybridized carbons (Fsp3) is 0.167. The smallest absolute Gasteiger partial charge is 0.276 e. The third-order valence-electron chi connectivity index (χ3n) is 6.58. The number of rotatable bonds is 6. The van der Waals surface area contributed by atoms with Crippen LogP contribution in [0, 0.1) is 0 Å². The van der Waals surface area contributed by atoms with Crippen molar-refractivity contribution in [2.24, 2.45) is 0 Å². The molecule has 2 aliphatic rings. The second kappa shape index (κ2) is 9.30. The largest absolute Gasteiger partial charge is 0.349 e. The Kier molecular flexibility index (Phi) is 5.70. The predicted octanol–water partition coefficient (Wildman–Crippen LogP) is 5.50. The SMILES string of the molecule is O=C(NC1CC1)c1cccc(NC(=O)c2nn(-c3ccccc3)c3c2CC/C3=C/c2ccccc2)c1. The summed E-state index contributed by atoms with van der Waals surface area (Å²) < 4.78 is 1.88. The van der Waals surface area contributed by atoms with Crippen LogP contribution < -0.4 is 10.6 Å². The maximum atomic E-state index is 13.4. The number of carbonyl (C=O) groups excluding carboxylic acids is 2. The topological polar surface area (TPSA) is 76.0 Å². The van der Waals surface area contributed by atoms with Crippen LogP contribution in [0.2, 0.25) is 0 Å². The Balaban J connectivity index is 1.34. The van der Waals surface area contributed by atoms with Gasteiger partial charge in [0.25, 0.3) is 11.8 Å². The molecule has 0 saturated heterocycles. The van der Waals surface area contributed by atoms with Crippen molar-refractivity contribution in [2.75, 3.05) is 5.32 Å². The molecule has 4 aromatic rings. The van der Waals surface area contributed by atoms with Gasteiger partial charge in [-0.2, -0.15) is 5.10 Å². The van der Waals surface area contributed by atoms with Crippen LogP contribution in [0.3, 0.4) is 0 Å². The molecule has 1 fully saturated rings. The molecule has 2 N–H and O–H groups in total. The van der Waals surface area contributed by atoms with E-state index < -0.39 is 0 Å². The zero-order valence-corrected chi connectivity index (χ0v) is 19.8. The van der Waals surface area contributed by atoms with Crippen LogP contribution in [0.1, 0.15) is 56.9 Å². The van der Waals surface area contributed by atoms with Crippen molar-refractivity contribution < 1.29 is 9.59 Å². The fourth-order valence-electron chi connectivity index (χ4n) is 4.65. The number of fused-ring (bicyclic) bond motifs is 1. The average Bonchev–Trinajstić information content (AvgIpc) is 3.50. The lowest BCUT2D eigenvalue weighted by Gasteiger charge is -2.08. The van der Waals surface area contributed by atoms with Crippen molar-refractivity contribution in [2.45, 2.75) is 31.7 Å². The molecule has 178 valence electrons. The van der Waals surface area contributed by atoms with Crippen LogP contribution in [0.15, 0.2) is 84.9 Å². The Morgan fingerprint density at radius 3 is 2.36 bits per heavy atom. The number of hydrogen-bond donors (Lipinski definition) is 2. The Morgan fingerprint density at radius 2 is 1.61 bits per heavy atom. The number of nitrogens with zero attached hydrogens (tertiary/aromatic N) is 2. The lowest BCUT2D eigenvalue weighted by Crippen LogP contribution is -2.25. The minimum atomic E-state index is -0.276. The second-order valence-corrected chi connectivity index (χ2v) is 9.29. The van der Waals surface area contributed by atoms with E-state index >= 15 is 0 Å². The molecule has 6 heteroatoms. The highest BCUT2D eigenvalue weighted by molar-refractivity contribution is 6.06. The highest BCUT2D eigenvalue weighted by Gasteiger charge is 2.30. The van der Waals surface area contributed by atoms with Gasteiger partial charge in [0, 0.05) is 22.9 Å². The molecule has 6 nitrogen and oxygen atoms in total. The van der Waals surface area contributed by atoms with E-state index in [4.69, 9.17) is 5.10 Å². The Hall–Kier alpha value is -4.45. The maximum Gasteiger partial charge on any atom is 0.276 e. The standard InChI is InChI=1S/C30H26N4O2/c35-29(31-23-15-16-23)22-10-7-11-24(19-22)32-30(36)27-26-17-14-21(18-20-8-3-1-4-9-20)28(26)34(33-27)25-12-5-2-6-13-25/h1-13,18-19,23H,14-17H2,(H,31,35)(H,32,36)/b21-18-. The molecule has 36 heavy (non-hydrogen) atoms. The Morgan fingerprint density at radius 1 is 0.861 bits per heavy atom. The number of benzene rings is 3. The summed E-state index contributed by atoms with van der Waals surface area (Å²) >= 11 is 0. The molecule has 0 unspecified atom stereocenters. The normalized spacial score (nSPS) is 15.5. The highest BCUT2D eigenvalue weighted by Crippen LogP contribution is 2.37. The van der Waals surface area contributed by atoms with E-state index in [1.54, 1.807) is 24.3 Å². The minimum absolute atomic E-state index is 0.112. The van der Waals surface area contributed by atoms with Gasteiger partial charge in [-0.3, -0.25) is 9.59 Å². The van der Waals surface area contributed by atoms with Crippen LogP contribution in [0.5, 0.6) is 0 Å². The van der Waals surface area contributed by atoms with E-state index in [9.17, 15) is 9.59 Å². The molecule has 2 amide bonds. The van der Waals surface area contributed by atoms with E-state index in [1.807, 2.05) is 53.2 Å². The maximum absolute atomic E-state index is 13.4. The first-order valence-corrected chi connectivity index (χ1v) is 12.3. The van der Waals surface area contributed by atoms with Crippen LogP contribution in [-0.4, -0.2) is 27.6 Å². The summed E-state index contributed by atoms with van der Waals surface area (Å²) in [6, 6.07) is 27.4. The van der Waals surface area contributed by atoms with Crippen LogP contribution in [0.25, 0.3) is 17.3 Å². The van der Waals surface area contributed by atoms with E-state index in [0.29, 0.717) is 16.9 Å². The van der Waals surface area contributed by atoms with Gasteiger partial charge in [-0.15, -0.1) is 0 Å². The van der Waals surface area contributed by atoms with Gasteiger partial charge in [0.1, 0.15) is 0 Å². The third-order valence-corrected chi connectivity index (χ3v) is 6.58. The first-order chi connectivity index (χ1) is 17.7. The molecule has 0 bridgehead atoms. The van der Waals surface area contributed by atoms with E-state index in [-0.39, 0.29) is 17.9 Å². The van der Waals surface area contributed by atoms with Crippen molar-refractivity contribution in [1.82, 2.24) is 15.1 Å². The molecule has 1 aromatic heterocycles. The van der Waals surface area contributed by atoms with Crippen molar-refractivity contribution in [3.63, 3.8) is 0 Å². The molecule has 0 radical (unpaired) electrons. The molecular formula is C30H26N4O2. The van der Waals surface area contributed by atoms with Crippen molar-refractivity contribution in [3.8, 4) is 5.69 Å². The first kappa shape index (κ1) is 22.0. The van der Waals surface area contributed by atoms with Gasteiger partial charge in [-0.05, 0) is 73.2 Å². The van der Waals surface area contributed by atoms with Gasteiger partial charge in [-0.25, -0.2) is 4.68 Å². The number of aromatic nitrogens is 2. The van der Waals surface area contributed by atoms with E-state index in [1.165, 1.54) is 0 Å². The summed E-state index contributed by atoms with van der Waals surface area (Å²) in [6.07, 6.45) is 5.81. The zero-order chi connectivity index (χ0) is 24.5.